The van der Waals surface area contributed by atoms with Crippen molar-refractivity contribution in [1.29, 1.82) is 0 Å². The highest BCUT2D eigenvalue weighted by Crippen LogP contribution is 2.34. The van der Waals surface area contributed by atoms with Crippen LogP contribution in [0.3, 0.4) is 0 Å². The van der Waals surface area contributed by atoms with Gasteiger partial charge in [-0.05, 0) is 83.7 Å². The number of halogens is 2. The Labute approximate surface area is 262 Å². The Kier molecular flexibility index (Phi) is 9.89. The minimum absolute atomic E-state index is 0.0462. The minimum atomic E-state index is -1.26. The summed E-state index contributed by atoms with van der Waals surface area (Å²) >= 11 is 0. The number of carbonyl (C=O) groups is 3. The van der Waals surface area contributed by atoms with Gasteiger partial charge in [0.2, 0.25) is 0 Å². The van der Waals surface area contributed by atoms with E-state index in [9.17, 15) is 14.4 Å². The number of carbonyl (C=O) groups excluding carboxylic acids is 3. The number of hydrogen-bond donors (Lipinski definition) is 1. The molecule has 0 bridgehead atoms. The monoisotopic (exact) mass is 625 g/mol. The van der Waals surface area contributed by atoms with Crippen molar-refractivity contribution in [1.82, 2.24) is 9.80 Å². The van der Waals surface area contributed by atoms with Crippen LogP contribution in [0.25, 0.3) is 11.1 Å². The van der Waals surface area contributed by atoms with E-state index >= 15 is 8.78 Å². The Morgan fingerprint density at radius 2 is 1.27 bits per heavy atom. The zero-order chi connectivity index (χ0) is 33.1. The second-order valence-corrected chi connectivity index (χ2v) is 13.0. The summed E-state index contributed by atoms with van der Waals surface area (Å²) in [4.78, 5) is 40.8. The molecule has 2 aromatic rings. The van der Waals surface area contributed by atoms with E-state index in [-0.39, 0.29) is 18.2 Å². The summed E-state index contributed by atoms with van der Waals surface area (Å²) < 4.78 is 46.8. The molecule has 0 saturated heterocycles. The van der Waals surface area contributed by atoms with Crippen molar-refractivity contribution in [2.45, 2.75) is 65.6 Å². The van der Waals surface area contributed by atoms with Gasteiger partial charge >= 0.3 is 12.2 Å². The molecular weight excluding hydrogens is 584 g/mol. The summed E-state index contributed by atoms with van der Waals surface area (Å²) in [6.07, 6.45) is 3.63. The normalized spacial score (nSPS) is 15.6. The molecule has 0 fully saturated rings. The third kappa shape index (κ3) is 8.40. The number of anilines is 1. The summed E-state index contributed by atoms with van der Waals surface area (Å²) in [7, 11) is 1.50. The van der Waals surface area contributed by atoms with E-state index in [1.165, 1.54) is 24.1 Å². The first-order valence-electron chi connectivity index (χ1n) is 14.9. The van der Waals surface area contributed by atoms with Crippen LogP contribution < -0.4 is 10.1 Å². The Hall–Kier alpha value is -4.41. The second-order valence-electron chi connectivity index (χ2n) is 13.0. The molecule has 4 rings (SSSR count). The SMILES string of the molecule is COc1cc(NC(=O)c2ccc(C3=CCN(C(=O)OC(C)(C)C)CC3)c(F)c2F)ccc1C1=CCN(C(=O)OC(C)(C)C)CC1. The van der Waals surface area contributed by atoms with Gasteiger partial charge in [0.1, 0.15) is 17.0 Å². The quantitative estimate of drug-likeness (QED) is 0.375. The van der Waals surface area contributed by atoms with Crippen LogP contribution in [0.4, 0.5) is 24.1 Å². The molecule has 11 heteroatoms. The summed E-state index contributed by atoms with van der Waals surface area (Å²) in [5, 5.41) is 2.62. The van der Waals surface area contributed by atoms with E-state index in [2.05, 4.69) is 5.32 Å². The maximum absolute atomic E-state index is 15.2. The van der Waals surface area contributed by atoms with Crippen LogP contribution >= 0.6 is 0 Å². The molecular formula is C34H41F2N3O6. The van der Waals surface area contributed by atoms with Crippen molar-refractivity contribution in [2.24, 2.45) is 0 Å². The molecule has 0 radical (unpaired) electrons. The highest BCUT2D eigenvalue weighted by Gasteiger charge is 2.27. The van der Waals surface area contributed by atoms with E-state index in [1.807, 2.05) is 26.8 Å². The van der Waals surface area contributed by atoms with E-state index < -0.39 is 40.4 Å². The number of benzene rings is 2. The predicted molar refractivity (Wildman–Crippen MR) is 168 cm³/mol. The van der Waals surface area contributed by atoms with Gasteiger partial charge in [0, 0.05) is 49.1 Å². The molecule has 242 valence electrons. The van der Waals surface area contributed by atoms with Crippen molar-refractivity contribution in [3.63, 3.8) is 0 Å². The first-order chi connectivity index (χ1) is 21.1. The molecule has 2 heterocycles. The fraction of sp³-hybridized carbons (Fsp3) is 0.441. The molecule has 45 heavy (non-hydrogen) atoms. The molecule has 2 aromatic carbocycles. The Morgan fingerprint density at radius 3 is 1.73 bits per heavy atom. The number of nitrogens with zero attached hydrogens (tertiary/aromatic N) is 2. The standard InChI is InChI=1S/C34H41F2N3O6/c1-33(2,3)44-31(41)38-16-12-21(13-17-38)24-9-8-23(20-27(24)43-7)37-30(40)26-11-10-25(28(35)29(26)36)22-14-18-39(19-15-22)32(42)45-34(4,5)6/h8-12,14,20H,13,15-19H2,1-7H3,(H,37,40). The summed E-state index contributed by atoms with van der Waals surface area (Å²) in [5.41, 5.74) is 1.04. The van der Waals surface area contributed by atoms with Gasteiger partial charge in [-0.25, -0.2) is 18.4 Å². The average Bonchev–Trinajstić information content (AvgIpc) is 2.97. The third-order valence-electron chi connectivity index (χ3n) is 7.20. The lowest BCUT2D eigenvalue weighted by Crippen LogP contribution is -2.39. The molecule has 0 saturated carbocycles. The Morgan fingerprint density at radius 1 is 0.756 bits per heavy atom. The smallest absolute Gasteiger partial charge is 0.410 e. The van der Waals surface area contributed by atoms with E-state index in [0.29, 0.717) is 49.5 Å². The van der Waals surface area contributed by atoms with Crippen LogP contribution in [0, 0.1) is 11.6 Å². The first-order valence-corrected chi connectivity index (χ1v) is 14.9. The summed E-state index contributed by atoms with van der Waals surface area (Å²) in [5.74, 6) is -2.72. The van der Waals surface area contributed by atoms with Crippen molar-refractivity contribution in [3.05, 3.63) is 70.8 Å². The summed E-state index contributed by atoms with van der Waals surface area (Å²) in [6.45, 7) is 12.1. The molecule has 0 aromatic heterocycles. The topological polar surface area (TPSA) is 97.4 Å². The zero-order valence-corrected chi connectivity index (χ0v) is 26.9. The molecule has 1 N–H and O–H groups in total. The Bertz CT molecular complexity index is 1540. The first kappa shape index (κ1) is 33.5. The zero-order valence-electron chi connectivity index (χ0n) is 26.9. The third-order valence-corrected chi connectivity index (χ3v) is 7.20. The minimum Gasteiger partial charge on any atom is -0.496 e. The predicted octanol–water partition coefficient (Wildman–Crippen LogP) is 7.27. The molecule has 2 aliphatic heterocycles. The lowest BCUT2D eigenvalue weighted by Gasteiger charge is -2.30. The van der Waals surface area contributed by atoms with Gasteiger partial charge in [-0.15, -0.1) is 0 Å². The number of nitrogens with one attached hydrogen (secondary N) is 1. The lowest BCUT2D eigenvalue weighted by atomic mass is 9.97. The van der Waals surface area contributed by atoms with E-state index in [4.69, 9.17) is 14.2 Å². The largest absolute Gasteiger partial charge is 0.496 e. The van der Waals surface area contributed by atoms with E-state index in [1.54, 1.807) is 49.9 Å². The molecule has 0 spiro atoms. The average molecular weight is 626 g/mol. The number of amides is 3. The van der Waals surface area contributed by atoms with Crippen molar-refractivity contribution in [2.75, 3.05) is 38.6 Å². The maximum Gasteiger partial charge on any atom is 0.410 e. The molecule has 0 unspecified atom stereocenters. The van der Waals surface area contributed by atoms with Crippen LogP contribution in [0.5, 0.6) is 5.75 Å². The van der Waals surface area contributed by atoms with Gasteiger partial charge in [0.25, 0.3) is 5.91 Å². The van der Waals surface area contributed by atoms with Gasteiger partial charge < -0.3 is 29.3 Å². The molecule has 0 aliphatic carbocycles. The second kappa shape index (κ2) is 13.3. The molecule has 2 aliphatic rings. The van der Waals surface area contributed by atoms with Gasteiger partial charge in [0.05, 0.1) is 12.7 Å². The molecule has 9 nitrogen and oxygen atoms in total. The molecule has 3 amide bonds. The maximum atomic E-state index is 15.2. The summed E-state index contributed by atoms with van der Waals surface area (Å²) in [6, 6.07) is 7.67. The van der Waals surface area contributed by atoms with Crippen LogP contribution in [0.15, 0.2) is 42.5 Å². The van der Waals surface area contributed by atoms with Gasteiger partial charge in [0.15, 0.2) is 11.6 Å². The lowest BCUT2D eigenvalue weighted by molar-refractivity contribution is 0.0260. The van der Waals surface area contributed by atoms with Crippen LogP contribution in [0.1, 0.15) is 75.9 Å². The Balaban J connectivity index is 1.44. The van der Waals surface area contributed by atoms with Gasteiger partial charge in [-0.2, -0.15) is 0 Å². The van der Waals surface area contributed by atoms with E-state index in [0.717, 1.165) is 11.1 Å². The van der Waals surface area contributed by atoms with Gasteiger partial charge in [-0.3, -0.25) is 4.79 Å². The number of ether oxygens (including phenoxy) is 3. The van der Waals surface area contributed by atoms with Crippen LogP contribution in [0.2, 0.25) is 0 Å². The van der Waals surface area contributed by atoms with Crippen LogP contribution in [-0.2, 0) is 9.47 Å². The van der Waals surface area contributed by atoms with Crippen LogP contribution in [-0.4, -0.2) is 72.4 Å². The number of methoxy groups -OCH3 is 1. The fourth-order valence-electron chi connectivity index (χ4n) is 5.02. The highest BCUT2D eigenvalue weighted by atomic mass is 19.2. The van der Waals surface area contributed by atoms with Crippen molar-refractivity contribution in [3.8, 4) is 5.75 Å². The fourth-order valence-corrected chi connectivity index (χ4v) is 5.02. The van der Waals surface area contributed by atoms with Gasteiger partial charge in [-0.1, -0.05) is 18.2 Å². The number of rotatable bonds is 5. The van der Waals surface area contributed by atoms with Crippen molar-refractivity contribution < 1.29 is 37.4 Å². The number of hydrogen-bond acceptors (Lipinski definition) is 6. The molecule has 0 atom stereocenters. The highest BCUT2D eigenvalue weighted by molar-refractivity contribution is 6.05. The van der Waals surface area contributed by atoms with Crippen molar-refractivity contribution >= 4 is 34.9 Å².